The Kier molecular flexibility index (Phi) is 4.10. The molecule has 1 heterocycles. The lowest BCUT2D eigenvalue weighted by atomic mass is 10.0. The molecule has 1 fully saturated rings. The SMILES string of the molecule is CCCS(=O)(=O)NC(=O)C1CCNC1C. The minimum Gasteiger partial charge on any atom is -0.313 e. The molecule has 0 aromatic rings. The van der Waals surface area contributed by atoms with Gasteiger partial charge in [-0.3, -0.25) is 9.52 Å². The summed E-state index contributed by atoms with van der Waals surface area (Å²) in [5.41, 5.74) is 0. The third kappa shape index (κ3) is 3.46. The van der Waals surface area contributed by atoms with E-state index in [1.54, 1.807) is 6.92 Å². The molecule has 0 aromatic heterocycles. The van der Waals surface area contributed by atoms with Crippen LogP contribution in [-0.4, -0.2) is 32.7 Å². The Bertz CT molecular complexity index is 326. The summed E-state index contributed by atoms with van der Waals surface area (Å²) in [5.74, 6) is -0.592. The third-order valence-corrected chi connectivity index (χ3v) is 4.05. The average Bonchev–Trinajstić information content (AvgIpc) is 2.50. The summed E-state index contributed by atoms with van der Waals surface area (Å²) in [6.45, 7) is 4.43. The van der Waals surface area contributed by atoms with E-state index in [1.807, 2.05) is 6.92 Å². The van der Waals surface area contributed by atoms with Gasteiger partial charge in [-0.2, -0.15) is 0 Å². The minimum absolute atomic E-state index is 0.00721. The van der Waals surface area contributed by atoms with Crippen LogP contribution in [0.4, 0.5) is 0 Å². The third-order valence-electron chi connectivity index (χ3n) is 2.59. The standard InChI is InChI=1S/C9H18N2O3S/c1-3-6-15(13,14)11-9(12)8-4-5-10-7(8)2/h7-8,10H,3-6H2,1-2H3,(H,11,12). The molecule has 2 atom stereocenters. The molecule has 0 aliphatic carbocycles. The largest absolute Gasteiger partial charge is 0.313 e. The van der Waals surface area contributed by atoms with E-state index in [1.165, 1.54) is 0 Å². The molecule has 15 heavy (non-hydrogen) atoms. The molecule has 0 spiro atoms. The van der Waals surface area contributed by atoms with Crippen LogP contribution in [0.1, 0.15) is 26.7 Å². The van der Waals surface area contributed by atoms with Gasteiger partial charge in [-0.1, -0.05) is 6.92 Å². The fraction of sp³-hybridized carbons (Fsp3) is 0.889. The van der Waals surface area contributed by atoms with E-state index in [4.69, 9.17) is 0 Å². The maximum Gasteiger partial charge on any atom is 0.238 e. The number of carbonyl (C=O) groups excluding carboxylic acids is 1. The molecule has 1 aliphatic rings. The molecular formula is C9H18N2O3S. The van der Waals surface area contributed by atoms with Gasteiger partial charge < -0.3 is 5.32 Å². The number of amides is 1. The minimum atomic E-state index is -3.42. The van der Waals surface area contributed by atoms with E-state index in [-0.39, 0.29) is 23.6 Å². The van der Waals surface area contributed by atoms with Crippen LogP contribution in [0.15, 0.2) is 0 Å². The van der Waals surface area contributed by atoms with Crippen molar-refractivity contribution in [2.45, 2.75) is 32.7 Å². The van der Waals surface area contributed by atoms with Gasteiger partial charge in [-0.25, -0.2) is 8.42 Å². The van der Waals surface area contributed by atoms with E-state index >= 15 is 0 Å². The molecule has 0 bridgehead atoms. The molecule has 88 valence electrons. The van der Waals surface area contributed by atoms with Crippen molar-refractivity contribution in [3.05, 3.63) is 0 Å². The van der Waals surface area contributed by atoms with Gasteiger partial charge in [0.05, 0.1) is 11.7 Å². The Balaban J connectivity index is 2.55. The topological polar surface area (TPSA) is 75.3 Å². The fourth-order valence-electron chi connectivity index (χ4n) is 1.77. The van der Waals surface area contributed by atoms with Crippen LogP contribution in [0.5, 0.6) is 0 Å². The van der Waals surface area contributed by atoms with Crippen LogP contribution < -0.4 is 10.0 Å². The second kappa shape index (κ2) is 4.94. The summed E-state index contributed by atoms with van der Waals surface area (Å²) in [4.78, 5) is 11.6. The first-order chi connectivity index (χ1) is 6.96. The highest BCUT2D eigenvalue weighted by atomic mass is 32.2. The van der Waals surface area contributed by atoms with Gasteiger partial charge in [-0.05, 0) is 26.3 Å². The maximum absolute atomic E-state index is 11.6. The highest BCUT2D eigenvalue weighted by Crippen LogP contribution is 2.15. The van der Waals surface area contributed by atoms with Gasteiger partial charge in [0.25, 0.3) is 0 Å². The fourth-order valence-corrected chi connectivity index (χ4v) is 2.86. The van der Waals surface area contributed by atoms with E-state index in [2.05, 4.69) is 10.0 Å². The Hall–Kier alpha value is -0.620. The first kappa shape index (κ1) is 12.4. The summed E-state index contributed by atoms with van der Waals surface area (Å²) >= 11 is 0. The molecule has 0 radical (unpaired) electrons. The van der Waals surface area contributed by atoms with Crippen LogP contribution in [0.25, 0.3) is 0 Å². The number of carbonyl (C=O) groups is 1. The summed E-state index contributed by atoms with van der Waals surface area (Å²) < 4.78 is 24.8. The highest BCUT2D eigenvalue weighted by molar-refractivity contribution is 7.90. The number of hydrogen-bond acceptors (Lipinski definition) is 4. The number of rotatable bonds is 4. The van der Waals surface area contributed by atoms with Gasteiger partial charge >= 0.3 is 0 Å². The van der Waals surface area contributed by atoms with Crippen molar-refractivity contribution >= 4 is 15.9 Å². The van der Waals surface area contributed by atoms with E-state index in [0.717, 1.165) is 6.54 Å². The Morgan fingerprint density at radius 1 is 1.53 bits per heavy atom. The molecule has 0 aromatic carbocycles. The molecule has 2 N–H and O–H groups in total. The Labute approximate surface area is 90.7 Å². The predicted molar refractivity (Wildman–Crippen MR) is 57.8 cm³/mol. The molecule has 2 unspecified atom stereocenters. The Morgan fingerprint density at radius 3 is 2.67 bits per heavy atom. The van der Waals surface area contributed by atoms with Crippen molar-refractivity contribution in [2.24, 2.45) is 5.92 Å². The number of sulfonamides is 1. The lowest BCUT2D eigenvalue weighted by molar-refractivity contribution is -0.123. The number of hydrogen-bond donors (Lipinski definition) is 2. The molecule has 1 aliphatic heterocycles. The Morgan fingerprint density at radius 2 is 2.20 bits per heavy atom. The van der Waals surface area contributed by atoms with Gasteiger partial charge in [0.2, 0.25) is 15.9 Å². The smallest absolute Gasteiger partial charge is 0.238 e. The van der Waals surface area contributed by atoms with Crippen LogP contribution in [0, 0.1) is 5.92 Å². The van der Waals surface area contributed by atoms with Crippen molar-refractivity contribution in [1.82, 2.24) is 10.0 Å². The van der Waals surface area contributed by atoms with Crippen molar-refractivity contribution in [3.8, 4) is 0 Å². The normalized spacial score (nSPS) is 26.5. The van der Waals surface area contributed by atoms with Crippen LogP contribution in [0.3, 0.4) is 0 Å². The lowest BCUT2D eigenvalue weighted by Gasteiger charge is -2.14. The summed E-state index contributed by atoms with van der Waals surface area (Å²) in [5, 5.41) is 3.11. The molecule has 1 saturated heterocycles. The summed E-state index contributed by atoms with van der Waals surface area (Å²) in [6, 6.07) is 0.0572. The molecule has 6 heteroatoms. The zero-order chi connectivity index (χ0) is 11.5. The predicted octanol–water partition coefficient (Wildman–Crippen LogP) is -0.160. The summed E-state index contributed by atoms with van der Waals surface area (Å²) in [7, 11) is -3.42. The maximum atomic E-state index is 11.6. The molecule has 0 saturated carbocycles. The monoisotopic (exact) mass is 234 g/mol. The first-order valence-electron chi connectivity index (χ1n) is 5.24. The molecule has 5 nitrogen and oxygen atoms in total. The van der Waals surface area contributed by atoms with Crippen LogP contribution in [-0.2, 0) is 14.8 Å². The first-order valence-corrected chi connectivity index (χ1v) is 6.89. The van der Waals surface area contributed by atoms with Gasteiger partial charge in [0.15, 0.2) is 0 Å². The average molecular weight is 234 g/mol. The quantitative estimate of drug-likeness (QED) is 0.709. The lowest BCUT2D eigenvalue weighted by Crippen LogP contribution is -2.40. The number of nitrogens with one attached hydrogen (secondary N) is 2. The molecule has 1 amide bonds. The molecule has 1 rings (SSSR count). The second-order valence-electron chi connectivity index (χ2n) is 3.92. The zero-order valence-electron chi connectivity index (χ0n) is 9.12. The van der Waals surface area contributed by atoms with Gasteiger partial charge in [0.1, 0.15) is 0 Å². The van der Waals surface area contributed by atoms with Crippen molar-refractivity contribution in [3.63, 3.8) is 0 Å². The molecular weight excluding hydrogens is 216 g/mol. The van der Waals surface area contributed by atoms with Crippen LogP contribution >= 0.6 is 0 Å². The van der Waals surface area contributed by atoms with Crippen molar-refractivity contribution in [1.29, 1.82) is 0 Å². The van der Waals surface area contributed by atoms with Gasteiger partial charge in [0, 0.05) is 6.04 Å². The van der Waals surface area contributed by atoms with Crippen molar-refractivity contribution < 1.29 is 13.2 Å². The van der Waals surface area contributed by atoms with Crippen LogP contribution in [0.2, 0.25) is 0 Å². The van der Waals surface area contributed by atoms with Crippen molar-refractivity contribution in [2.75, 3.05) is 12.3 Å². The van der Waals surface area contributed by atoms with Gasteiger partial charge in [-0.15, -0.1) is 0 Å². The summed E-state index contributed by atoms with van der Waals surface area (Å²) in [6.07, 6.45) is 1.22. The second-order valence-corrected chi connectivity index (χ2v) is 5.77. The van der Waals surface area contributed by atoms with E-state index in [9.17, 15) is 13.2 Å². The highest BCUT2D eigenvalue weighted by Gasteiger charge is 2.31. The van der Waals surface area contributed by atoms with E-state index in [0.29, 0.717) is 12.8 Å². The van der Waals surface area contributed by atoms with E-state index < -0.39 is 10.0 Å². The zero-order valence-corrected chi connectivity index (χ0v) is 9.93.